The summed E-state index contributed by atoms with van der Waals surface area (Å²) < 4.78 is 0. The lowest BCUT2D eigenvalue weighted by atomic mass is 10.0. The molecule has 166 valence electrons. The Morgan fingerprint density at radius 2 is 1.31 bits per heavy atom. The van der Waals surface area contributed by atoms with Crippen LogP contribution in [0.5, 0.6) is 0 Å². The summed E-state index contributed by atoms with van der Waals surface area (Å²) in [5.74, 6) is 0.145. The molecule has 1 atom stereocenters. The summed E-state index contributed by atoms with van der Waals surface area (Å²) in [6.45, 7) is 5.07. The minimum Gasteiger partial charge on any atom is -0.354 e. The topological polar surface area (TPSA) is 49.4 Å². The van der Waals surface area contributed by atoms with Gasteiger partial charge in [0.1, 0.15) is 6.04 Å². The quantitative estimate of drug-likeness (QED) is 0.485. The zero-order valence-corrected chi connectivity index (χ0v) is 18.9. The highest BCUT2D eigenvalue weighted by Gasteiger charge is 2.31. The zero-order chi connectivity index (χ0) is 22.8. The van der Waals surface area contributed by atoms with Crippen LogP contribution < -0.4 is 5.32 Å². The molecule has 0 saturated carbocycles. The van der Waals surface area contributed by atoms with Crippen molar-refractivity contribution >= 4 is 11.8 Å². The lowest BCUT2D eigenvalue weighted by molar-refractivity contribution is -0.141. The molecular formula is C28H32N2O2. The number of carbonyl (C=O) groups excluding carboxylic acids is 2. The molecular weight excluding hydrogens is 396 g/mol. The van der Waals surface area contributed by atoms with Crippen molar-refractivity contribution in [1.82, 2.24) is 10.2 Å². The summed E-state index contributed by atoms with van der Waals surface area (Å²) in [6, 6.07) is 28.7. The first-order chi connectivity index (χ1) is 15.5. The minimum absolute atomic E-state index is 0.0359. The van der Waals surface area contributed by atoms with Gasteiger partial charge in [0, 0.05) is 19.5 Å². The summed E-state index contributed by atoms with van der Waals surface area (Å²) in [6.07, 6.45) is 0.984. The van der Waals surface area contributed by atoms with Crippen molar-refractivity contribution in [2.24, 2.45) is 5.92 Å². The van der Waals surface area contributed by atoms with Gasteiger partial charge in [0.2, 0.25) is 11.8 Å². The number of amides is 2. The van der Waals surface area contributed by atoms with Crippen molar-refractivity contribution in [3.05, 3.63) is 108 Å². The molecule has 0 spiro atoms. The van der Waals surface area contributed by atoms with Gasteiger partial charge in [-0.3, -0.25) is 9.59 Å². The van der Waals surface area contributed by atoms with E-state index < -0.39 is 6.04 Å². The number of carbonyl (C=O) groups is 2. The zero-order valence-electron chi connectivity index (χ0n) is 18.9. The van der Waals surface area contributed by atoms with Crippen LogP contribution in [0.15, 0.2) is 91.0 Å². The average molecular weight is 429 g/mol. The molecule has 0 aliphatic heterocycles. The highest BCUT2D eigenvalue weighted by molar-refractivity contribution is 5.88. The Hall–Kier alpha value is -3.40. The maximum Gasteiger partial charge on any atom is 0.247 e. The van der Waals surface area contributed by atoms with Crippen LogP contribution in [0.1, 0.15) is 43.0 Å². The number of nitrogens with zero attached hydrogens (tertiary/aromatic N) is 1. The minimum atomic E-state index is -0.682. The molecule has 4 heteroatoms. The van der Waals surface area contributed by atoms with Gasteiger partial charge in [-0.2, -0.15) is 0 Å². The Kier molecular flexibility index (Phi) is 8.61. The monoisotopic (exact) mass is 428 g/mol. The van der Waals surface area contributed by atoms with Crippen LogP contribution in [0.3, 0.4) is 0 Å². The Morgan fingerprint density at radius 1 is 0.781 bits per heavy atom. The molecule has 3 aromatic carbocycles. The fraction of sp³-hybridized carbons (Fsp3) is 0.286. The van der Waals surface area contributed by atoms with Gasteiger partial charge in [0.25, 0.3) is 0 Å². The summed E-state index contributed by atoms with van der Waals surface area (Å²) in [4.78, 5) is 28.6. The number of benzene rings is 3. The summed E-state index contributed by atoms with van der Waals surface area (Å²) in [7, 11) is 0. The van der Waals surface area contributed by atoms with Crippen LogP contribution in [0.25, 0.3) is 0 Å². The Balaban J connectivity index is 1.90. The summed E-state index contributed by atoms with van der Waals surface area (Å²) in [5.41, 5.74) is 2.93. The van der Waals surface area contributed by atoms with Crippen molar-refractivity contribution in [1.29, 1.82) is 0 Å². The van der Waals surface area contributed by atoms with Crippen LogP contribution >= 0.6 is 0 Å². The van der Waals surface area contributed by atoms with Gasteiger partial charge >= 0.3 is 0 Å². The molecule has 2 amide bonds. The Bertz CT molecular complexity index is 972. The van der Waals surface area contributed by atoms with Crippen molar-refractivity contribution in [2.45, 2.75) is 39.3 Å². The highest BCUT2D eigenvalue weighted by atomic mass is 16.2. The molecule has 32 heavy (non-hydrogen) atoms. The van der Waals surface area contributed by atoms with E-state index in [1.165, 1.54) is 0 Å². The number of nitrogens with one attached hydrogen (secondary N) is 1. The number of hydrogen-bond donors (Lipinski definition) is 1. The van der Waals surface area contributed by atoms with Crippen LogP contribution in [0.2, 0.25) is 0 Å². The molecule has 0 bridgehead atoms. The Morgan fingerprint density at radius 3 is 1.88 bits per heavy atom. The molecule has 0 fully saturated rings. The molecule has 0 aliphatic carbocycles. The van der Waals surface area contributed by atoms with E-state index in [0.29, 0.717) is 31.8 Å². The molecule has 1 N–H and O–H groups in total. The van der Waals surface area contributed by atoms with E-state index in [1.54, 1.807) is 4.90 Å². The summed E-state index contributed by atoms with van der Waals surface area (Å²) >= 11 is 0. The fourth-order valence-electron chi connectivity index (χ4n) is 3.65. The van der Waals surface area contributed by atoms with Gasteiger partial charge in [-0.1, -0.05) is 105 Å². The third-order valence-electron chi connectivity index (χ3n) is 5.35. The van der Waals surface area contributed by atoms with E-state index in [2.05, 4.69) is 19.2 Å². The third kappa shape index (κ3) is 6.81. The van der Waals surface area contributed by atoms with E-state index in [1.807, 2.05) is 91.0 Å². The average Bonchev–Trinajstić information content (AvgIpc) is 2.83. The molecule has 0 aromatic heterocycles. The normalized spacial score (nSPS) is 11.7. The van der Waals surface area contributed by atoms with Crippen LogP contribution in [0, 0.1) is 5.92 Å². The predicted molar refractivity (Wildman–Crippen MR) is 129 cm³/mol. The molecule has 4 nitrogen and oxygen atoms in total. The number of hydrogen-bond acceptors (Lipinski definition) is 2. The first-order valence-electron chi connectivity index (χ1n) is 11.2. The molecule has 0 aliphatic rings. The largest absolute Gasteiger partial charge is 0.354 e. The first kappa shape index (κ1) is 23.3. The lowest BCUT2D eigenvalue weighted by Crippen LogP contribution is -2.44. The molecule has 0 radical (unpaired) electrons. The van der Waals surface area contributed by atoms with Crippen LogP contribution in [-0.4, -0.2) is 23.3 Å². The smallest absolute Gasteiger partial charge is 0.247 e. The van der Waals surface area contributed by atoms with E-state index in [9.17, 15) is 9.59 Å². The SMILES string of the molecule is CC(C)CNC(=O)[C@@H](c1ccccc1)N(Cc1ccccc1)C(=O)CCc1ccccc1. The molecule has 3 rings (SSSR count). The third-order valence-corrected chi connectivity index (χ3v) is 5.35. The number of rotatable bonds is 10. The lowest BCUT2D eigenvalue weighted by Gasteiger charge is -2.32. The highest BCUT2D eigenvalue weighted by Crippen LogP contribution is 2.25. The van der Waals surface area contributed by atoms with Gasteiger partial charge in [-0.05, 0) is 29.0 Å². The maximum absolute atomic E-state index is 13.5. The maximum atomic E-state index is 13.5. The molecule has 3 aromatic rings. The van der Waals surface area contributed by atoms with E-state index >= 15 is 0 Å². The van der Waals surface area contributed by atoms with E-state index in [0.717, 1.165) is 16.7 Å². The van der Waals surface area contributed by atoms with E-state index in [4.69, 9.17) is 0 Å². The van der Waals surface area contributed by atoms with Gasteiger partial charge in [-0.25, -0.2) is 0 Å². The second-order valence-corrected chi connectivity index (χ2v) is 8.45. The van der Waals surface area contributed by atoms with Crippen molar-refractivity contribution in [3.8, 4) is 0 Å². The summed E-state index contributed by atoms with van der Waals surface area (Å²) in [5, 5.41) is 3.04. The van der Waals surface area contributed by atoms with Crippen LogP contribution in [-0.2, 0) is 22.6 Å². The van der Waals surface area contributed by atoms with Gasteiger partial charge in [0.15, 0.2) is 0 Å². The fourth-order valence-corrected chi connectivity index (χ4v) is 3.65. The van der Waals surface area contributed by atoms with Gasteiger partial charge in [0.05, 0.1) is 0 Å². The van der Waals surface area contributed by atoms with Gasteiger partial charge < -0.3 is 10.2 Å². The molecule has 0 unspecified atom stereocenters. The second-order valence-electron chi connectivity index (χ2n) is 8.45. The standard InChI is InChI=1S/C28H32N2O2/c1-22(2)20-29-28(32)27(25-16-10-5-11-17-25)30(21-24-14-8-4-9-15-24)26(31)19-18-23-12-6-3-7-13-23/h3-17,22,27H,18-21H2,1-2H3,(H,29,32)/t27-/m1/s1. The van der Waals surface area contributed by atoms with Crippen molar-refractivity contribution in [2.75, 3.05) is 6.54 Å². The van der Waals surface area contributed by atoms with Crippen molar-refractivity contribution in [3.63, 3.8) is 0 Å². The first-order valence-corrected chi connectivity index (χ1v) is 11.2. The van der Waals surface area contributed by atoms with E-state index in [-0.39, 0.29) is 11.8 Å². The van der Waals surface area contributed by atoms with Crippen LogP contribution in [0.4, 0.5) is 0 Å². The number of aryl methyl sites for hydroxylation is 1. The van der Waals surface area contributed by atoms with Crippen molar-refractivity contribution < 1.29 is 9.59 Å². The molecule has 0 saturated heterocycles. The molecule has 0 heterocycles. The Labute approximate surface area is 191 Å². The second kappa shape index (κ2) is 11.8. The predicted octanol–water partition coefficient (Wildman–Crippen LogP) is 5.16. The van der Waals surface area contributed by atoms with Gasteiger partial charge in [-0.15, -0.1) is 0 Å².